The topological polar surface area (TPSA) is 12.0 Å². The molecule has 2 atom stereocenters. The fourth-order valence-corrected chi connectivity index (χ4v) is 1.29. The number of hydrogen-bond acceptors (Lipinski definition) is 1. The van der Waals surface area contributed by atoms with Gasteiger partial charge in [0.15, 0.2) is 0 Å². The summed E-state index contributed by atoms with van der Waals surface area (Å²) in [7, 11) is 0. The second-order valence-electron chi connectivity index (χ2n) is 2.92. The molecule has 1 nitrogen and oxygen atoms in total. The maximum Gasteiger partial charge on any atom is 0.0906 e. The Bertz CT molecular complexity index is 90.2. The van der Waals surface area contributed by atoms with Crippen molar-refractivity contribution >= 4 is 15.9 Å². The predicted molar refractivity (Wildman–Crippen MR) is 51.0 cm³/mol. The molecule has 0 bridgehead atoms. The number of nitrogens with one attached hydrogen (secondary N) is 1. The molecule has 0 aliphatic heterocycles. The Morgan fingerprint density at radius 2 is 2.09 bits per heavy atom. The Morgan fingerprint density at radius 3 is 2.55 bits per heavy atom. The molecule has 0 aromatic rings. The van der Waals surface area contributed by atoms with Gasteiger partial charge in [-0.05, 0) is 25.8 Å². The maximum absolute atomic E-state index is 11.7. The smallest absolute Gasteiger partial charge is 0.0906 e. The number of halogens is 2. The van der Waals surface area contributed by atoms with E-state index in [9.17, 15) is 4.39 Å². The lowest BCUT2D eigenvalue weighted by Gasteiger charge is -2.18. The average molecular weight is 226 g/mol. The molecule has 11 heavy (non-hydrogen) atoms. The van der Waals surface area contributed by atoms with E-state index in [4.69, 9.17) is 0 Å². The fourth-order valence-electron chi connectivity index (χ4n) is 0.731. The first-order chi connectivity index (χ1) is 5.22. The van der Waals surface area contributed by atoms with Gasteiger partial charge in [0.1, 0.15) is 0 Å². The normalized spacial score (nSPS) is 16.4. The Balaban J connectivity index is 3.28. The van der Waals surface area contributed by atoms with Crippen molar-refractivity contribution in [1.82, 2.24) is 5.32 Å². The van der Waals surface area contributed by atoms with Crippen LogP contribution >= 0.6 is 15.9 Å². The molecule has 2 unspecified atom stereocenters. The first kappa shape index (κ1) is 11.4. The van der Waals surface area contributed by atoms with E-state index in [1.807, 2.05) is 0 Å². The van der Waals surface area contributed by atoms with Crippen molar-refractivity contribution in [2.75, 3.05) is 18.5 Å². The molecule has 0 saturated carbocycles. The highest BCUT2D eigenvalue weighted by atomic mass is 79.9. The zero-order chi connectivity index (χ0) is 8.69. The van der Waals surface area contributed by atoms with E-state index in [2.05, 4.69) is 35.1 Å². The van der Waals surface area contributed by atoms with Gasteiger partial charge in [-0.3, -0.25) is 4.39 Å². The lowest BCUT2D eigenvalue weighted by Crippen LogP contribution is -2.33. The highest BCUT2D eigenvalue weighted by molar-refractivity contribution is 9.09. The van der Waals surface area contributed by atoms with Crippen molar-refractivity contribution in [3.63, 3.8) is 0 Å². The van der Waals surface area contributed by atoms with Crippen molar-refractivity contribution in [3.05, 3.63) is 0 Å². The van der Waals surface area contributed by atoms with Gasteiger partial charge in [0.25, 0.3) is 0 Å². The zero-order valence-electron chi connectivity index (χ0n) is 7.24. The molecular weight excluding hydrogens is 209 g/mol. The van der Waals surface area contributed by atoms with E-state index < -0.39 is 0 Å². The molecular formula is C8H17BrFN. The maximum atomic E-state index is 11.7. The van der Waals surface area contributed by atoms with Gasteiger partial charge in [-0.15, -0.1) is 0 Å². The van der Waals surface area contributed by atoms with E-state index in [1.54, 1.807) is 0 Å². The van der Waals surface area contributed by atoms with E-state index in [0.717, 1.165) is 11.9 Å². The average Bonchev–Trinajstić information content (AvgIpc) is 2.03. The van der Waals surface area contributed by atoms with Crippen molar-refractivity contribution < 1.29 is 4.39 Å². The third-order valence-electron chi connectivity index (χ3n) is 1.87. The van der Waals surface area contributed by atoms with Crippen LogP contribution in [0, 0.1) is 5.92 Å². The van der Waals surface area contributed by atoms with Gasteiger partial charge in [0.05, 0.1) is 6.67 Å². The highest BCUT2D eigenvalue weighted by Crippen LogP contribution is 2.05. The van der Waals surface area contributed by atoms with Gasteiger partial charge in [0, 0.05) is 11.4 Å². The molecule has 3 heteroatoms. The quantitative estimate of drug-likeness (QED) is 0.541. The molecule has 0 saturated heterocycles. The van der Waals surface area contributed by atoms with Crippen molar-refractivity contribution in [1.29, 1.82) is 0 Å². The van der Waals surface area contributed by atoms with Crippen molar-refractivity contribution in [2.45, 2.75) is 26.3 Å². The molecule has 0 aromatic carbocycles. The van der Waals surface area contributed by atoms with Gasteiger partial charge >= 0.3 is 0 Å². The predicted octanol–water partition coefficient (Wildman–Crippen LogP) is 2.36. The number of rotatable bonds is 6. The van der Waals surface area contributed by atoms with Crippen LogP contribution in [0.2, 0.25) is 0 Å². The summed E-state index contributed by atoms with van der Waals surface area (Å²) in [6.07, 6.45) is 0.624. The highest BCUT2D eigenvalue weighted by Gasteiger charge is 2.08. The zero-order valence-corrected chi connectivity index (χ0v) is 8.83. The largest absolute Gasteiger partial charge is 0.314 e. The van der Waals surface area contributed by atoms with Crippen LogP contribution in [0.5, 0.6) is 0 Å². The molecule has 0 aromatic heterocycles. The SMILES string of the molecule is CC(CBr)C(C)NCCCF. The summed E-state index contributed by atoms with van der Waals surface area (Å²) >= 11 is 3.41. The Hall–Kier alpha value is 0.370. The van der Waals surface area contributed by atoms with E-state index in [-0.39, 0.29) is 6.67 Å². The molecule has 0 radical (unpaired) electrons. The minimum absolute atomic E-state index is 0.220. The lowest BCUT2D eigenvalue weighted by atomic mass is 10.1. The van der Waals surface area contributed by atoms with Gasteiger partial charge in [-0.1, -0.05) is 22.9 Å². The molecule has 68 valence electrons. The van der Waals surface area contributed by atoms with Crippen LogP contribution < -0.4 is 5.32 Å². The van der Waals surface area contributed by atoms with Crippen LogP contribution in [0.25, 0.3) is 0 Å². The van der Waals surface area contributed by atoms with Crippen LogP contribution in [0.3, 0.4) is 0 Å². The number of alkyl halides is 2. The van der Waals surface area contributed by atoms with Crippen LogP contribution in [0.4, 0.5) is 4.39 Å². The Kier molecular flexibility index (Phi) is 7.28. The van der Waals surface area contributed by atoms with E-state index in [1.165, 1.54) is 0 Å². The van der Waals surface area contributed by atoms with Crippen molar-refractivity contribution in [3.8, 4) is 0 Å². The second kappa shape index (κ2) is 7.04. The first-order valence-electron chi connectivity index (χ1n) is 4.07. The van der Waals surface area contributed by atoms with E-state index >= 15 is 0 Å². The molecule has 1 N–H and O–H groups in total. The lowest BCUT2D eigenvalue weighted by molar-refractivity contribution is 0.402. The monoisotopic (exact) mass is 225 g/mol. The Morgan fingerprint density at radius 1 is 1.45 bits per heavy atom. The van der Waals surface area contributed by atoms with Gasteiger partial charge in [-0.25, -0.2) is 0 Å². The molecule has 0 fully saturated rings. The second-order valence-corrected chi connectivity index (χ2v) is 3.56. The molecule has 0 rings (SSSR count). The summed E-state index contributed by atoms with van der Waals surface area (Å²) in [5, 5.41) is 4.26. The summed E-state index contributed by atoms with van der Waals surface area (Å²) in [5.41, 5.74) is 0. The van der Waals surface area contributed by atoms with Crippen molar-refractivity contribution in [2.24, 2.45) is 5.92 Å². The fraction of sp³-hybridized carbons (Fsp3) is 1.00. The molecule has 0 aliphatic carbocycles. The van der Waals surface area contributed by atoms with Crippen LogP contribution in [0.15, 0.2) is 0 Å². The molecule has 0 heterocycles. The third kappa shape index (κ3) is 5.62. The summed E-state index contributed by atoms with van der Waals surface area (Å²) in [6.45, 7) is 4.86. The Labute approximate surface area is 76.9 Å². The summed E-state index contributed by atoms with van der Waals surface area (Å²) < 4.78 is 11.7. The van der Waals surface area contributed by atoms with Gasteiger partial charge < -0.3 is 5.32 Å². The van der Waals surface area contributed by atoms with Gasteiger partial charge in [0.2, 0.25) is 0 Å². The number of hydrogen-bond donors (Lipinski definition) is 1. The summed E-state index contributed by atoms with van der Waals surface area (Å²) in [4.78, 5) is 0. The molecule has 0 aliphatic rings. The summed E-state index contributed by atoms with van der Waals surface area (Å²) in [6, 6.07) is 0.473. The molecule has 0 spiro atoms. The third-order valence-corrected chi connectivity index (χ3v) is 2.89. The standard InChI is InChI=1S/C8H17BrFN/c1-7(6-9)8(2)11-5-3-4-10/h7-8,11H,3-6H2,1-2H3. The molecule has 0 amide bonds. The minimum Gasteiger partial charge on any atom is -0.314 e. The minimum atomic E-state index is -0.220. The van der Waals surface area contributed by atoms with Gasteiger partial charge in [-0.2, -0.15) is 0 Å². The van der Waals surface area contributed by atoms with Crippen LogP contribution in [-0.2, 0) is 0 Å². The van der Waals surface area contributed by atoms with E-state index in [0.29, 0.717) is 18.4 Å². The van der Waals surface area contributed by atoms with Crippen LogP contribution in [0.1, 0.15) is 20.3 Å². The van der Waals surface area contributed by atoms with Crippen LogP contribution in [-0.4, -0.2) is 24.6 Å². The summed E-state index contributed by atoms with van der Waals surface area (Å²) in [5.74, 6) is 0.606. The first-order valence-corrected chi connectivity index (χ1v) is 5.19.